The van der Waals surface area contributed by atoms with Gasteiger partial charge in [0, 0.05) is 27.2 Å². The van der Waals surface area contributed by atoms with Crippen molar-refractivity contribution < 1.29 is 14.6 Å². The van der Waals surface area contributed by atoms with Gasteiger partial charge >= 0.3 is 0 Å². The highest BCUT2D eigenvalue weighted by Gasteiger charge is 2.26. The summed E-state index contributed by atoms with van der Waals surface area (Å²) in [5, 5.41) is 15.8. The van der Waals surface area contributed by atoms with Gasteiger partial charge < -0.3 is 9.84 Å². The van der Waals surface area contributed by atoms with E-state index in [1.165, 1.54) is 0 Å². The Kier molecular flexibility index (Phi) is 7.72. The zero-order valence-corrected chi connectivity index (χ0v) is 23.3. The maximum atomic E-state index is 12.4. The van der Waals surface area contributed by atoms with E-state index in [0.717, 1.165) is 26.5 Å². The molecule has 2 aromatic carbocycles. The predicted molar refractivity (Wildman–Crippen MR) is 144 cm³/mol. The average Bonchev–Trinajstić information content (AvgIpc) is 2.73. The monoisotopic (exact) mass is 589 g/mol. The first kappa shape index (κ1) is 26.2. The van der Waals surface area contributed by atoms with Crippen LogP contribution in [0.4, 0.5) is 0 Å². The van der Waals surface area contributed by atoms with Crippen molar-refractivity contribution in [2.75, 3.05) is 6.61 Å². The van der Waals surface area contributed by atoms with Crippen LogP contribution in [0.5, 0.6) is 11.5 Å². The maximum Gasteiger partial charge on any atom is 0.277 e. The maximum absolute atomic E-state index is 12.4. The molecule has 0 bridgehead atoms. The number of phenols is 1. The summed E-state index contributed by atoms with van der Waals surface area (Å²) in [5.74, 6) is 0.387. The lowest BCUT2D eigenvalue weighted by atomic mass is 9.78. The Morgan fingerprint density at radius 2 is 1.71 bits per heavy atom. The van der Waals surface area contributed by atoms with Crippen LogP contribution in [0.2, 0.25) is 0 Å². The molecule has 1 amide bonds. The average molecular weight is 591 g/mol. The number of hydrogen-bond donors (Lipinski definition) is 2. The first-order valence-electron chi connectivity index (χ1n) is 10.8. The van der Waals surface area contributed by atoms with Gasteiger partial charge in [-0.05, 0) is 56.6 Å². The number of fused-ring (bicyclic) bond motifs is 1. The van der Waals surface area contributed by atoms with E-state index in [0.29, 0.717) is 21.5 Å². The molecule has 3 rings (SSSR count). The van der Waals surface area contributed by atoms with Crippen molar-refractivity contribution in [1.29, 1.82) is 0 Å². The number of nitrogens with zero attached hydrogens (tertiary/aromatic N) is 2. The van der Waals surface area contributed by atoms with Gasteiger partial charge in [0.15, 0.2) is 12.4 Å². The summed E-state index contributed by atoms with van der Waals surface area (Å²) in [6.07, 6.45) is 3.25. The normalized spacial score (nSPS) is 12.4. The number of aromatic nitrogens is 1. The van der Waals surface area contributed by atoms with Crippen molar-refractivity contribution in [2.24, 2.45) is 5.10 Å². The molecule has 8 heteroatoms. The lowest BCUT2D eigenvalue weighted by Gasteiger charge is -2.27. The number of carbonyl (C=O) groups is 1. The number of halogens is 2. The van der Waals surface area contributed by atoms with Gasteiger partial charge in [0.05, 0.1) is 10.7 Å². The summed E-state index contributed by atoms with van der Waals surface area (Å²) in [5.41, 5.74) is 5.11. The van der Waals surface area contributed by atoms with E-state index in [1.54, 1.807) is 12.4 Å². The Labute approximate surface area is 217 Å². The molecular weight excluding hydrogens is 562 g/mol. The van der Waals surface area contributed by atoms with Crippen molar-refractivity contribution in [1.82, 2.24) is 10.4 Å². The highest BCUT2D eigenvalue weighted by atomic mass is 79.9. The van der Waals surface area contributed by atoms with E-state index in [9.17, 15) is 9.90 Å². The number of hydrazone groups is 1. The number of phenolic OH excluding ortho intramolecular Hbond substituents is 1. The Hall–Kier alpha value is -2.45. The molecule has 1 aromatic heterocycles. The number of nitrogens with one attached hydrogen (secondary N) is 1. The van der Waals surface area contributed by atoms with Crippen LogP contribution in [-0.2, 0) is 15.6 Å². The van der Waals surface area contributed by atoms with Gasteiger partial charge in [-0.25, -0.2) is 5.43 Å². The molecule has 0 unspecified atom stereocenters. The summed E-state index contributed by atoms with van der Waals surface area (Å²) in [4.78, 5) is 16.8. The Balaban J connectivity index is 1.76. The van der Waals surface area contributed by atoms with Crippen molar-refractivity contribution >= 4 is 54.9 Å². The van der Waals surface area contributed by atoms with E-state index >= 15 is 0 Å². The van der Waals surface area contributed by atoms with E-state index in [4.69, 9.17) is 4.74 Å². The number of amides is 1. The zero-order valence-electron chi connectivity index (χ0n) is 20.2. The van der Waals surface area contributed by atoms with Crippen LogP contribution < -0.4 is 10.2 Å². The quantitative estimate of drug-likeness (QED) is 0.259. The summed E-state index contributed by atoms with van der Waals surface area (Å²) >= 11 is 6.99. The third-order valence-corrected chi connectivity index (χ3v) is 6.49. The van der Waals surface area contributed by atoms with Crippen LogP contribution in [0, 0.1) is 0 Å². The highest BCUT2D eigenvalue weighted by molar-refractivity contribution is 9.11. The molecule has 0 saturated carbocycles. The van der Waals surface area contributed by atoms with E-state index in [1.807, 2.05) is 71.9 Å². The molecule has 0 aliphatic carbocycles. The Bertz CT molecular complexity index is 1220. The number of carbonyl (C=O) groups excluding carboxylic acids is 1. The minimum Gasteiger partial charge on any atom is -0.507 e. The smallest absolute Gasteiger partial charge is 0.277 e. The lowest BCUT2D eigenvalue weighted by Crippen LogP contribution is -2.25. The van der Waals surface area contributed by atoms with Crippen molar-refractivity contribution in [3.8, 4) is 11.5 Å². The molecule has 180 valence electrons. The minimum absolute atomic E-state index is 0.223. The van der Waals surface area contributed by atoms with E-state index in [-0.39, 0.29) is 17.4 Å². The fourth-order valence-electron chi connectivity index (χ4n) is 3.51. The molecule has 0 spiro atoms. The van der Waals surface area contributed by atoms with Gasteiger partial charge in [-0.15, -0.1) is 0 Å². The second kappa shape index (κ2) is 10.0. The van der Waals surface area contributed by atoms with Gasteiger partial charge in [-0.1, -0.05) is 63.5 Å². The molecule has 2 N–H and O–H groups in total. The van der Waals surface area contributed by atoms with Crippen LogP contribution in [0.25, 0.3) is 10.9 Å². The molecule has 0 aliphatic heterocycles. The highest BCUT2D eigenvalue weighted by Crippen LogP contribution is 2.40. The zero-order chi connectivity index (χ0) is 25.3. The van der Waals surface area contributed by atoms with E-state index in [2.05, 4.69) is 47.4 Å². The minimum atomic E-state index is -0.402. The number of hydrogen-bond acceptors (Lipinski definition) is 5. The summed E-state index contributed by atoms with van der Waals surface area (Å²) < 4.78 is 7.33. The number of ether oxygens (including phenoxy) is 1. The van der Waals surface area contributed by atoms with E-state index < -0.39 is 5.91 Å². The van der Waals surface area contributed by atoms with Crippen molar-refractivity contribution in [3.63, 3.8) is 0 Å². The third-order valence-electron chi connectivity index (χ3n) is 5.25. The fraction of sp³-hybridized carbons (Fsp3) is 0.346. The Morgan fingerprint density at radius 3 is 2.29 bits per heavy atom. The van der Waals surface area contributed by atoms with Crippen LogP contribution in [0.1, 0.15) is 58.2 Å². The second-order valence-corrected chi connectivity index (χ2v) is 11.8. The molecule has 0 radical (unpaired) electrons. The van der Waals surface area contributed by atoms with Crippen LogP contribution in [0.15, 0.2) is 50.6 Å². The van der Waals surface area contributed by atoms with Crippen LogP contribution in [0.3, 0.4) is 0 Å². The molecule has 0 saturated heterocycles. The summed E-state index contributed by atoms with van der Waals surface area (Å²) in [6, 6.07) is 9.41. The van der Waals surface area contributed by atoms with Gasteiger partial charge in [-0.3, -0.25) is 9.78 Å². The molecule has 1 heterocycles. The summed E-state index contributed by atoms with van der Waals surface area (Å²) in [6.45, 7) is 12.1. The number of rotatable bonds is 5. The first-order valence-corrected chi connectivity index (χ1v) is 12.4. The molecule has 6 nitrogen and oxygen atoms in total. The molecule has 3 aromatic rings. The number of aromatic hydroxyl groups is 1. The lowest BCUT2D eigenvalue weighted by molar-refractivity contribution is -0.123. The molecule has 34 heavy (non-hydrogen) atoms. The first-order chi connectivity index (χ1) is 15.8. The van der Waals surface area contributed by atoms with Gasteiger partial charge in [-0.2, -0.15) is 5.10 Å². The molecule has 0 aliphatic rings. The predicted octanol–water partition coefficient (Wildman–Crippen LogP) is 6.59. The standard InChI is InChI=1S/C26H29Br2N3O3/c1-25(2,3)17-10-15(11-18(23(17)33)26(4,5)6)13-30-31-21(32)14-34-24-20(28)12-19(27)16-8-7-9-29-22(16)24/h7-13,33H,14H2,1-6H3,(H,31,32)/b30-13+. The number of pyridine rings is 1. The third kappa shape index (κ3) is 5.96. The van der Waals surface area contributed by atoms with Crippen LogP contribution in [-0.4, -0.2) is 28.8 Å². The second-order valence-electron chi connectivity index (χ2n) is 10.1. The van der Waals surface area contributed by atoms with Gasteiger partial charge in [0.25, 0.3) is 5.91 Å². The van der Waals surface area contributed by atoms with Gasteiger partial charge in [0.2, 0.25) is 0 Å². The molecular formula is C26H29Br2N3O3. The fourth-order valence-corrected chi connectivity index (χ4v) is 4.89. The topological polar surface area (TPSA) is 83.8 Å². The molecule has 0 atom stereocenters. The molecule has 0 fully saturated rings. The van der Waals surface area contributed by atoms with Crippen LogP contribution >= 0.6 is 31.9 Å². The largest absolute Gasteiger partial charge is 0.507 e. The Morgan fingerprint density at radius 1 is 1.09 bits per heavy atom. The summed E-state index contributed by atoms with van der Waals surface area (Å²) in [7, 11) is 0. The van der Waals surface area contributed by atoms with Crippen molar-refractivity contribution in [2.45, 2.75) is 52.4 Å². The van der Waals surface area contributed by atoms with Crippen molar-refractivity contribution in [3.05, 3.63) is 62.2 Å². The SMILES string of the molecule is CC(C)(C)c1cc(/C=N/NC(=O)COc2c(Br)cc(Br)c3cccnc23)cc(C(C)(C)C)c1O. The number of benzene rings is 2. The van der Waals surface area contributed by atoms with Gasteiger partial charge in [0.1, 0.15) is 11.3 Å².